The van der Waals surface area contributed by atoms with Gasteiger partial charge in [0.05, 0.1) is 7.11 Å². The van der Waals surface area contributed by atoms with E-state index < -0.39 is 24.2 Å². The van der Waals surface area contributed by atoms with Crippen molar-refractivity contribution < 1.29 is 32.5 Å². The average molecular weight is 443 g/mol. The van der Waals surface area contributed by atoms with Crippen LogP contribution >= 0.6 is 11.6 Å². The molecule has 0 spiro atoms. The molecule has 1 amide bonds. The molecule has 0 radical (unpaired) electrons. The van der Waals surface area contributed by atoms with Crippen molar-refractivity contribution in [3.8, 4) is 11.5 Å². The van der Waals surface area contributed by atoms with Gasteiger partial charge in [0.1, 0.15) is 18.1 Å². The van der Waals surface area contributed by atoms with Crippen LogP contribution in [0.5, 0.6) is 11.5 Å². The van der Waals surface area contributed by atoms with Gasteiger partial charge in [0.25, 0.3) is 11.6 Å². The van der Waals surface area contributed by atoms with Gasteiger partial charge in [-0.25, -0.2) is 0 Å². The van der Waals surface area contributed by atoms with Crippen LogP contribution in [0.3, 0.4) is 0 Å². The fraction of sp³-hybridized carbons (Fsp3) is 0.300. The summed E-state index contributed by atoms with van der Waals surface area (Å²) >= 11 is 5.83. The predicted octanol–water partition coefficient (Wildman–Crippen LogP) is 4.40. The van der Waals surface area contributed by atoms with E-state index in [2.05, 4.69) is 5.10 Å². The fourth-order valence-electron chi connectivity index (χ4n) is 2.99. The molecule has 1 N–H and O–H groups in total. The Hall–Kier alpha value is -2.78. The molecular formula is C20H18ClF3N2O4. The number of alkyl halides is 3. The molecule has 0 aliphatic carbocycles. The van der Waals surface area contributed by atoms with Crippen molar-refractivity contribution in [1.82, 2.24) is 5.01 Å². The van der Waals surface area contributed by atoms with E-state index in [4.69, 9.17) is 21.1 Å². The molecule has 2 aromatic carbocycles. The highest BCUT2D eigenvalue weighted by molar-refractivity contribution is 6.30. The standard InChI is InChI=1S/C20H18ClF3N2O4/c1-12-10-19(28,20(22,23)24)26(25-12)18(27)13-3-8-17(29-2)14(9-13)11-30-16-6-4-15(21)5-7-16/h3-9,28H,10-11H2,1-2H3. The summed E-state index contributed by atoms with van der Waals surface area (Å²) in [5, 5.41) is 14.4. The lowest BCUT2D eigenvalue weighted by molar-refractivity contribution is -0.297. The SMILES string of the molecule is COc1ccc(C(=O)N2N=C(C)CC2(O)C(F)(F)F)cc1COc1ccc(Cl)cc1. The first kappa shape index (κ1) is 21.9. The summed E-state index contributed by atoms with van der Waals surface area (Å²) in [7, 11) is 1.42. The van der Waals surface area contributed by atoms with Gasteiger partial charge >= 0.3 is 6.18 Å². The molecule has 2 aromatic rings. The van der Waals surface area contributed by atoms with E-state index in [0.717, 1.165) is 0 Å². The number of hydrazone groups is 1. The second-order valence-electron chi connectivity index (χ2n) is 6.71. The summed E-state index contributed by atoms with van der Waals surface area (Å²) in [6.07, 6.45) is -5.89. The first-order valence-electron chi connectivity index (χ1n) is 8.78. The Morgan fingerprint density at radius 2 is 1.93 bits per heavy atom. The monoisotopic (exact) mass is 442 g/mol. The van der Waals surface area contributed by atoms with E-state index >= 15 is 0 Å². The minimum atomic E-state index is -5.07. The van der Waals surface area contributed by atoms with E-state index in [-0.39, 0.29) is 22.9 Å². The molecule has 1 aliphatic rings. The number of amides is 1. The number of nitrogens with zero attached hydrogens (tertiary/aromatic N) is 2. The number of carbonyl (C=O) groups excluding carboxylic acids is 1. The summed E-state index contributed by atoms with van der Waals surface area (Å²) in [6.45, 7) is 1.29. The van der Waals surface area contributed by atoms with Crippen LogP contribution in [-0.4, -0.2) is 40.7 Å². The van der Waals surface area contributed by atoms with Crippen LogP contribution in [0.4, 0.5) is 13.2 Å². The van der Waals surface area contributed by atoms with Crippen LogP contribution in [-0.2, 0) is 6.61 Å². The zero-order valence-electron chi connectivity index (χ0n) is 16.0. The number of benzene rings is 2. The van der Waals surface area contributed by atoms with Crippen molar-refractivity contribution >= 4 is 23.2 Å². The second-order valence-corrected chi connectivity index (χ2v) is 7.15. The van der Waals surface area contributed by atoms with Gasteiger partial charge in [0.15, 0.2) is 0 Å². The highest BCUT2D eigenvalue weighted by atomic mass is 35.5. The molecule has 0 aromatic heterocycles. The quantitative estimate of drug-likeness (QED) is 0.745. The number of halogens is 4. The Labute approximate surface area is 175 Å². The molecule has 1 aliphatic heterocycles. The number of carbonyl (C=O) groups is 1. The molecule has 3 rings (SSSR count). The van der Waals surface area contributed by atoms with E-state index in [1.54, 1.807) is 24.3 Å². The van der Waals surface area contributed by atoms with E-state index in [1.807, 2.05) is 0 Å². The van der Waals surface area contributed by atoms with E-state index in [9.17, 15) is 23.1 Å². The fourth-order valence-corrected chi connectivity index (χ4v) is 3.12. The first-order chi connectivity index (χ1) is 14.0. The lowest BCUT2D eigenvalue weighted by Crippen LogP contribution is -2.56. The molecule has 0 saturated heterocycles. The van der Waals surface area contributed by atoms with Gasteiger partial charge in [-0.1, -0.05) is 11.6 Å². The summed E-state index contributed by atoms with van der Waals surface area (Å²) in [5.41, 5.74) is -3.09. The molecule has 6 nitrogen and oxygen atoms in total. The van der Waals surface area contributed by atoms with Crippen LogP contribution in [0, 0.1) is 0 Å². The highest BCUT2D eigenvalue weighted by Gasteiger charge is 2.62. The molecule has 1 heterocycles. The number of ether oxygens (including phenoxy) is 2. The zero-order chi connectivity index (χ0) is 22.1. The van der Waals surface area contributed by atoms with Crippen LogP contribution < -0.4 is 9.47 Å². The van der Waals surface area contributed by atoms with Gasteiger partial charge < -0.3 is 14.6 Å². The lowest BCUT2D eigenvalue weighted by Gasteiger charge is -2.32. The number of hydrogen-bond donors (Lipinski definition) is 1. The summed E-state index contributed by atoms with van der Waals surface area (Å²) in [4.78, 5) is 12.8. The second kappa shape index (κ2) is 8.16. The molecule has 1 atom stereocenters. The minimum absolute atomic E-state index is 0.0111. The van der Waals surface area contributed by atoms with Crippen molar-refractivity contribution in [2.75, 3.05) is 7.11 Å². The number of aliphatic hydroxyl groups is 1. The van der Waals surface area contributed by atoms with Crippen molar-refractivity contribution in [2.24, 2.45) is 5.10 Å². The average Bonchev–Trinajstić information content (AvgIpc) is 3.02. The maximum atomic E-state index is 13.4. The molecule has 10 heteroatoms. The van der Waals surface area contributed by atoms with Gasteiger partial charge in [-0.15, -0.1) is 0 Å². The van der Waals surface area contributed by atoms with Gasteiger partial charge in [-0.05, 0) is 49.4 Å². The van der Waals surface area contributed by atoms with Crippen LogP contribution in [0.15, 0.2) is 47.6 Å². The van der Waals surface area contributed by atoms with Crippen molar-refractivity contribution in [2.45, 2.75) is 31.9 Å². The lowest BCUT2D eigenvalue weighted by atomic mass is 10.0. The number of methoxy groups -OCH3 is 1. The van der Waals surface area contributed by atoms with E-state index in [1.165, 1.54) is 32.2 Å². The van der Waals surface area contributed by atoms with Gasteiger partial charge in [-0.2, -0.15) is 23.3 Å². The van der Waals surface area contributed by atoms with Gasteiger partial charge in [0.2, 0.25) is 0 Å². The smallest absolute Gasteiger partial charge is 0.438 e. The van der Waals surface area contributed by atoms with Crippen molar-refractivity contribution in [1.29, 1.82) is 0 Å². The summed E-state index contributed by atoms with van der Waals surface area (Å²) in [5.74, 6) is -0.209. The highest BCUT2D eigenvalue weighted by Crippen LogP contribution is 2.41. The Morgan fingerprint density at radius 3 is 2.53 bits per heavy atom. The predicted molar refractivity (Wildman–Crippen MR) is 104 cm³/mol. The Balaban J connectivity index is 1.88. The molecule has 30 heavy (non-hydrogen) atoms. The molecule has 0 fully saturated rings. The Morgan fingerprint density at radius 1 is 1.27 bits per heavy atom. The molecule has 0 bridgehead atoms. The maximum absolute atomic E-state index is 13.4. The van der Waals surface area contributed by atoms with E-state index in [0.29, 0.717) is 22.1 Å². The molecule has 0 saturated carbocycles. The van der Waals surface area contributed by atoms with Crippen LogP contribution in [0.2, 0.25) is 5.02 Å². The largest absolute Gasteiger partial charge is 0.496 e. The first-order valence-corrected chi connectivity index (χ1v) is 9.16. The Bertz CT molecular complexity index is 979. The summed E-state index contributed by atoms with van der Waals surface area (Å²) < 4.78 is 51.1. The van der Waals surface area contributed by atoms with Crippen LogP contribution in [0.1, 0.15) is 29.3 Å². The Kier molecular flexibility index (Phi) is 5.96. The zero-order valence-corrected chi connectivity index (χ0v) is 16.8. The number of hydrogen-bond acceptors (Lipinski definition) is 5. The third-order valence-electron chi connectivity index (χ3n) is 4.51. The normalized spacial score (nSPS) is 18.9. The molecular weight excluding hydrogens is 425 g/mol. The third kappa shape index (κ3) is 4.22. The number of rotatable bonds is 5. The third-order valence-corrected chi connectivity index (χ3v) is 4.76. The molecule has 160 valence electrons. The van der Waals surface area contributed by atoms with Crippen molar-refractivity contribution in [3.63, 3.8) is 0 Å². The minimum Gasteiger partial charge on any atom is -0.496 e. The van der Waals surface area contributed by atoms with Gasteiger partial charge in [-0.3, -0.25) is 4.79 Å². The summed E-state index contributed by atoms with van der Waals surface area (Å²) in [6, 6.07) is 10.7. The van der Waals surface area contributed by atoms with Crippen molar-refractivity contribution in [3.05, 3.63) is 58.6 Å². The topological polar surface area (TPSA) is 71.4 Å². The van der Waals surface area contributed by atoms with Gasteiger partial charge in [0, 0.05) is 28.3 Å². The molecule has 1 unspecified atom stereocenters. The van der Waals surface area contributed by atoms with Crippen LogP contribution in [0.25, 0.3) is 0 Å². The maximum Gasteiger partial charge on any atom is 0.438 e.